The van der Waals surface area contributed by atoms with Gasteiger partial charge < -0.3 is 5.32 Å². The van der Waals surface area contributed by atoms with Crippen molar-refractivity contribution in [2.75, 3.05) is 6.26 Å². The van der Waals surface area contributed by atoms with Crippen molar-refractivity contribution in [1.82, 2.24) is 5.32 Å². The van der Waals surface area contributed by atoms with Crippen molar-refractivity contribution >= 4 is 40.6 Å². The van der Waals surface area contributed by atoms with Crippen LogP contribution in [0.3, 0.4) is 0 Å². The van der Waals surface area contributed by atoms with Gasteiger partial charge in [-0.2, -0.15) is 11.8 Å². The molecule has 1 aliphatic rings. The van der Waals surface area contributed by atoms with Crippen molar-refractivity contribution in [2.45, 2.75) is 43.4 Å². The minimum atomic E-state index is 0.172. The third-order valence-electron chi connectivity index (χ3n) is 3.31. The van der Waals surface area contributed by atoms with E-state index in [2.05, 4.69) is 11.6 Å². The Bertz CT molecular complexity index is 407. The van der Waals surface area contributed by atoms with Gasteiger partial charge in [-0.1, -0.05) is 11.6 Å². The molecule has 1 fully saturated rings. The summed E-state index contributed by atoms with van der Waals surface area (Å²) in [5.74, 6) is 0.172. The van der Waals surface area contributed by atoms with Crippen molar-refractivity contribution < 1.29 is 4.79 Å². The molecule has 2 atom stereocenters. The van der Waals surface area contributed by atoms with Gasteiger partial charge in [0.1, 0.15) is 0 Å². The van der Waals surface area contributed by atoms with Crippen LogP contribution in [0, 0.1) is 0 Å². The number of carbonyl (C=O) groups excluding carboxylic acids is 1. The van der Waals surface area contributed by atoms with Gasteiger partial charge in [0.25, 0.3) is 0 Å². The Morgan fingerprint density at radius 3 is 3.00 bits per heavy atom. The second kappa shape index (κ2) is 6.83. The molecule has 1 heterocycles. The number of thiophene rings is 1. The highest BCUT2D eigenvalue weighted by atomic mass is 35.5. The molecule has 18 heavy (non-hydrogen) atoms. The van der Waals surface area contributed by atoms with Gasteiger partial charge in [-0.15, -0.1) is 11.3 Å². The second-order valence-corrected chi connectivity index (χ2v) is 7.58. The maximum Gasteiger partial charge on any atom is 0.220 e. The molecule has 0 saturated heterocycles. The Kier molecular flexibility index (Phi) is 5.39. The van der Waals surface area contributed by atoms with E-state index in [1.807, 2.05) is 23.9 Å². The molecule has 1 aliphatic carbocycles. The first-order valence-corrected chi connectivity index (χ1v) is 8.72. The Balaban J connectivity index is 1.69. The number of hydrogen-bond donors (Lipinski definition) is 1. The number of aryl methyl sites for hydroxylation is 1. The van der Waals surface area contributed by atoms with Crippen molar-refractivity contribution in [3.05, 3.63) is 21.3 Å². The van der Waals surface area contributed by atoms with Crippen LogP contribution in [0.15, 0.2) is 12.1 Å². The zero-order valence-corrected chi connectivity index (χ0v) is 12.8. The van der Waals surface area contributed by atoms with Crippen LogP contribution in [0.25, 0.3) is 0 Å². The van der Waals surface area contributed by atoms with E-state index in [-0.39, 0.29) is 5.91 Å². The molecule has 0 aromatic carbocycles. The van der Waals surface area contributed by atoms with E-state index < -0.39 is 0 Å². The van der Waals surface area contributed by atoms with E-state index in [9.17, 15) is 4.79 Å². The first-order chi connectivity index (χ1) is 8.67. The van der Waals surface area contributed by atoms with Gasteiger partial charge in [-0.3, -0.25) is 4.79 Å². The van der Waals surface area contributed by atoms with Crippen LogP contribution in [0.2, 0.25) is 4.34 Å². The number of halogens is 1. The molecule has 2 rings (SSSR count). The number of carbonyl (C=O) groups is 1. The van der Waals surface area contributed by atoms with Crippen molar-refractivity contribution in [1.29, 1.82) is 0 Å². The summed E-state index contributed by atoms with van der Waals surface area (Å²) in [7, 11) is 0. The third-order valence-corrected chi connectivity index (χ3v) is 5.70. The summed E-state index contributed by atoms with van der Waals surface area (Å²) in [6, 6.07) is 4.28. The Labute approximate surface area is 121 Å². The molecule has 0 aliphatic heterocycles. The molecule has 1 N–H and O–H groups in total. The number of amides is 1. The van der Waals surface area contributed by atoms with E-state index in [1.165, 1.54) is 11.3 Å². The summed E-state index contributed by atoms with van der Waals surface area (Å²) in [5, 5.41) is 3.87. The average molecular weight is 304 g/mol. The molecular formula is C13H18ClNOS2. The topological polar surface area (TPSA) is 29.1 Å². The van der Waals surface area contributed by atoms with E-state index in [0.29, 0.717) is 12.5 Å². The minimum absolute atomic E-state index is 0.172. The zero-order valence-electron chi connectivity index (χ0n) is 10.4. The molecule has 0 unspecified atom stereocenters. The fourth-order valence-electron chi connectivity index (χ4n) is 2.31. The van der Waals surface area contributed by atoms with Gasteiger partial charge in [0.15, 0.2) is 0 Å². The minimum Gasteiger partial charge on any atom is -0.353 e. The molecular weight excluding hydrogens is 286 g/mol. The molecule has 100 valence electrons. The van der Waals surface area contributed by atoms with Crippen LogP contribution in [0.4, 0.5) is 0 Å². The SMILES string of the molecule is CS[C@H]1CC[C@H](NC(=O)CCc2ccc(Cl)s2)C1. The molecule has 0 spiro atoms. The zero-order chi connectivity index (χ0) is 13.0. The Hall–Kier alpha value is -0.190. The summed E-state index contributed by atoms with van der Waals surface area (Å²) in [6.45, 7) is 0. The van der Waals surface area contributed by atoms with Crippen LogP contribution in [-0.4, -0.2) is 23.5 Å². The van der Waals surface area contributed by atoms with Gasteiger partial charge in [0, 0.05) is 22.6 Å². The van der Waals surface area contributed by atoms with Crippen LogP contribution < -0.4 is 5.32 Å². The Morgan fingerprint density at radius 1 is 1.56 bits per heavy atom. The highest BCUT2D eigenvalue weighted by Gasteiger charge is 2.24. The first-order valence-electron chi connectivity index (χ1n) is 6.23. The third kappa shape index (κ3) is 4.18. The molecule has 0 radical (unpaired) electrons. The number of nitrogens with one attached hydrogen (secondary N) is 1. The lowest BCUT2D eigenvalue weighted by Crippen LogP contribution is -2.33. The lowest BCUT2D eigenvalue weighted by Gasteiger charge is -2.12. The summed E-state index contributed by atoms with van der Waals surface area (Å²) in [5.41, 5.74) is 0. The standard InChI is InChI=1S/C13H18ClNOS2/c1-17-11-3-2-9(8-11)15-13(16)7-5-10-4-6-12(14)18-10/h4,6,9,11H,2-3,5,7-8H2,1H3,(H,15,16)/t9-,11-/m0/s1. The van der Waals surface area contributed by atoms with Gasteiger partial charge in [0.05, 0.1) is 4.34 Å². The van der Waals surface area contributed by atoms with Crippen LogP contribution in [0.5, 0.6) is 0 Å². The fraction of sp³-hybridized carbons (Fsp3) is 0.615. The van der Waals surface area contributed by atoms with Gasteiger partial charge in [0.2, 0.25) is 5.91 Å². The normalized spacial score (nSPS) is 23.2. The highest BCUT2D eigenvalue weighted by Crippen LogP contribution is 2.28. The number of hydrogen-bond acceptors (Lipinski definition) is 3. The summed E-state index contributed by atoms with van der Waals surface area (Å²) < 4.78 is 0.795. The largest absolute Gasteiger partial charge is 0.353 e. The smallest absolute Gasteiger partial charge is 0.220 e. The maximum absolute atomic E-state index is 11.8. The fourth-order valence-corrected chi connectivity index (χ4v) is 4.19. The van der Waals surface area contributed by atoms with Crippen molar-refractivity contribution in [2.24, 2.45) is 0 Å². The molecule has 2 nitrogen and oxygen atoms in total. The number of thioether (sulfide) groups is 1. The predicted molar refractivity (Wildman–Crippen MR) is 80.7 cm³/mol. The Morgan fingerprint density at radius 2 is 2.39 bits per heavy atom. The molecule has 0 bridgehead atoms. The highest BCUT2D eigenvalue weighted by molar-refractivity contribution is 7.99. The number of rotatable bonds is 5. The molecule has 5 heteroatoms. The predicted octanol–water partition coefficient (Wildman–Crippen LogP) is 3.73. The summed E-state index contributed by atoms with van der Waals surface area (Å²) in [4.78, 5) is 13.0. The van der Waals surface area contributed by atoms with Crippen molar-refractivity contribution in [3.63, 3.8) is 0 Å². The molecule has 1 amide bonds. The van der Waals surface area contributed by atoms with Crippen molar-refractivity contribution in [3.8, 4) is 0 Å². The van der Waals surface area contributed by atoms with Crippen LogP contribution in [0.1, 0.15) is 30.6 Å². The average Bonchev–Trinajstić information content (AvgIpc) is 2.95. The van der Waals surface area contributed by atoms with Gasteiger partial charge >= 0.3 is 0 Å². The van der Waals surface area contributed by atoms with Gasteiger partial charge in [-0.05, 0) is 44.1 Å². The van der Waals surface area contributed by atoms with E-state index in [4.69, 9.17) is 11.6 Å². The lowest BCUT2D eigenvalue weighted by molar-refractivity contribution is -0.121. The first kappa shape index (κ1) is 14.2. The van der Waals surface area contributed by atoms with E-state index >= 15 is 0 Å². The van der Waals surface area contributed by atoms with Crippen LogP contribution in [-0.2, 0) is 11.2 Å². The van der Waals surface area contributed by atoms with E-state index in [1.54, 1.807) is 11.3 Å². The van der Waals surface area contributed by atoms with Gasteiger partial charge in [-0.25, -0.2) is 0 Å². The molecule has 1 aromatic rings. The summed E-state index contributed by atoms with van der Waals surface area (Å²) >= 11 is 9.33. The maximum atomic E-state index is 11.8. The molecule has 1 saturated carbocycles. The lowest BCUT2D eigenvalue weighted by atomic mass is 10.2. The summed E-state index contributed by atoms with van der Waals surface area (Å²) in [6.07, 6.45) is 6.99. The quantitative estimate of drug-likeness (QED) is 0.898. The second-order valence-electron chi connectivity index (χ2n) is 4.64. The van der Waals surface area contributed by atoms with E-state index in [0.717, 1.165) is 28.8 Å². The van der Waals surface area contributed by atoms with Crippen LogP contribution >= 0.6 is 34.7 Å². The molecule has 1 aromatic heterocycles. The monoisotopic (exact) mass is 303 g/mol.